The van der Waals surface area contributed by atoms with Gasteiger partial charge in [0.15, 0.2) is 0 Å². The normalized spacial score (nSPS) is 13.3. The first-order chi connectivity index (χ1) is 19.4. The highest BCUT2D eigenvalue weighted by molar-refractivity contribution is 5.98. The summed E-state index contributed by atoms with van der Waals surface area (Å²) in [4.78, 5) is 30.1. The number of benzene rings is 3. The van der Waals surface area contributed by atoms with E-state index >= 15 is 0 Å². The predicted octanol–water partition coefficient (Wildman–Crippen LogP) is 6.15. The molecule has 3 aromatic carbocycles. The minimum absolute atomic E-state index is 0.146. The molecule has 5 rings (SSSR count). The first kappa shape index (κ1) is 27.0. The lowest BCUT2D eigenvalue weighted by molar-refractivity contribution is 0.0671. The van der Waals surface area contributed by atoms with Gasteiger partial charge in [-0.05, 0) is 61.4 Å². The van der Waals surface area contributed by atoms with Gasteiger partial charge in [0, 0.05) is 43.1 Å². The number of hydrogen-bond acceptors (Lipinski definition) is 3. The molecule has 1 aliphatic rings. The summed E-state index contributed by atoms with van der Waals surface area (Å²) in [5.74, 6) is 0.139. The molecule has 0 saturated carbocycles. The molecule has 0 atom stereocenters. The zero-order valence-electron chi connectivity index (χ0n) is 23.0. The van der Waals surface area contributed by atoms with Crippen molar-refractivity contribution in [3.63, 3.8) is 0 Å². The van der Waals surface area contributed by atoms with E-state index < -0.39 is 0 Å². The number of methoxy groups -OCH3 is 1. The molecule has 4 aromatic rings. The van der Waals surface area contributed by atoms with E-state index in [9.17, 15) is 14.0 Å². The number of halogens is 1. The highest BCUT2D eigenvalue weighted by Gasteiger charge is 2.28. The van der Waals surface area contributed by atoms with Crippen LogP contribution in [-0.4, -0.2) is 59.6 Å². The molecule has 1 N–H and O–H groups in total. The number of aromatic nitrogens is 1. The van der Waals surface area contributed by atoms with Crippen molar-refractivity contribution in [1.82, 2.24) is 14.4 Å². The first-order valence-electron chi connectivity index (χ1n) is 13.5. The maximum atomic E-state index is 15.0. The standard InChI is InChI=1S/C32H33FN4O3/c1-4-23-12-14-25(15-13-23)34-32(39)36-18-16-35(17-19-36)31(38)27-21-30(24-8-7-9-26(20-24)40-3)37(22(27)2)29-11-6-5-10-28(29)33/h5-15,20-21H,4,16-19H2,1-3H3,(H,34,39). The van der Waals surface area contributed by atoms with Gasteiger partial charge in [0.2, 0.25) is 0 Å². The molecule has 0 spiro atoms. The number of aryl methyl sites for hydroxylation is 1. The molecule has 2 heterocycles. The molecular formula is C32H33FN4O3. The average molecular weight is 541 g/mol. The molecule has 1 aliphatic heterocycles. The van der Waals surface area contributed by atoms with Crippen LogP contribution in [0.3, 0.4) is 0 Å². The van der Waals surface area contributed by atoms with Gasteiger partial charge in [0.1, 0.15) is 11.6 Å². The van der Waals surface area contributed by atoms with Gasteiger partial charge in [-0.25, -0.2) is 9.18 Å². The molecule has 1 fully saturated rings. The summed E-state index contributed by atoms with van der Waals surface area (Å²) < 4.78 is 22.2. The summed E-state index contributed by atoms with van der Waals surface area (Å²) in [6, 6.07) is 23.5. The van der Waals surface area contributed by atoms with Crippen molar-refractivity contribution in [2.75, 3.05) is 38.6 Å². The van der Waals surface area contributed by atoms with Gasteiger partial charge in [0.25, 0.3) is 5.91 Å². The van der Waals surface area contributed by atoms with Crippen LogP contribution in [0.2, 0.25) is 0 Å². The lowest BCUT2D eigenvalue weighted by Gasteiger charge is -2.34. The number of nitrogens with zero attached hydrogens (tertiary/aromatic N) is 3. The number of piperazine rings is 1. The van der Waals surface area contributed by atoms with Gasteiger partial charge in [-0.3, -0.25) is 4.79 Å². The van der Waals surface area contributed by atoms with Crippen molar-refractivity contribution >= 4 is 17.6 Å². The van der Waals surface area contributed by atoms with Crippen molar-refractivity contribution in [3.8, 4) is 22.7 Å². The quantitative estimate of drug-likeness (QED) is 0.319. The van der Waals surface area contributed by atoms with E-state index in [1.807, 2.05) is 61.5 Å². The molecule has 8 heteroatoms. The zero-order valence-corrected chi connectivity index (χ0v) is 23.0. The molecule has 7 nitrogen and oxygen atoms in total. The molecule has 3 amide bonds. The maximum absolute atomic E-state index is 15.0. The van der Waals surface area contributed by atoms with E-state index in [1.54, 1.807) is 39.7 Å². The van der Waals surface area contributed by atoms with Crippen LogP contribution in [0, 0.1) is 12.7 Å². The fourth-order valence-electron chi connectivity index (χ4n) is 5.07. The van der Waals surface area contributed by atoms with Crippen LogP contribution < -0.4 is 10.1 Å². The highest BCUT2D eigenvalue weighted by atomic mass is 19.1. The van der Waals surface area contributed by atoms with E-state index in [0.29, 0.717) is 54.6 Å². The number of rotatable bonds is 6. The van der Waals surface area contributed by atoms with Crippen molar-refractivity contribution in [2.45, 2.75) is 20.3 Å². The Bertz CT molecular complexity index is 1520. The Morgan fingerprint density at radius 1 is 0.900 bits per heavy atom. The van der Waals surface area contributed by atoms with Crippen LogP contribution in [0.25, 0.3) is 16.9 Å². The molecule has 40 heavy (non-hydrogen) atoms. The van der Waals surface area contributed by atoms with Crippen LogP contribution in [-0.2, 0) is 6.42 Å². The summed E-state index contributed by atoms with van der Waals surface area (Å²) in [5, 5.41) is 2.94. The summed E-state index contributed by atoms with van der Waals surface area (Å²) in [7, 11) is 1.59. The molecule has 206 valence electrons. The van der Waals surface area contributed by atoms with Crippen LogP contribution in [0.1, 0.15) is 28.5 Å². The van der Waals surface area contributed by atoms with E-state index in [4.69, 9.17) is 4.74 Å². The number of carbonyl (C=O) groups excluding carboxylic acids is 2. The monoisotopic (exact) mass is 540 g/mol. The zero-order chi connectivity index (χ0) is 28.2. The van der Waals surface area contributed by atoms with Gasteiger partial charge in [0.05, 0.1) is 24.1 Å². The fraction of sp³-hybridized carbons (Fsp3) is 0.250. The van der Waals surface area contributed by atoms with Crippen LogP contribution in [0.5, 0.6) is 5.75 Å². The van der Waals surface area contributed by atoms with E-state index in [-0.39, 0.29) is 17.8 Å². The minimum Gasteiger partial charge on any atom is -0.497 e. The number of nitrogens with one attached hydrogen (secondary N) is 1. The number of carbonyl (C=O) groups is 2. The molecule has 1 aromatic heterocycles. The largest absolute Gasteiger partial charge is 0.497 e. The number of amides is 3. The topological polar surface area (TPSA) is 66.8 Å². The lowest BCUT2D eigenvalue weighted by Crippen LogP contribution is -2.51. The van der Waals surface area contributed by atoms with Crippen molar-refractivity contribution < 1.29 is 18.7 Å². The van der Waals surface area contributed by atoms with E-state index in [2.05, 4.69) is 12.2 Å². The van der Waals surface area contributed by atoms with E-state index in [0.717, 1.165) is 17.7 Å². The molecule has 0 aliphatic carbocycles. The minimum atomic E-state index is -0.381. The Morgan fingerprint density at radius 3 is 2.27 bits per heavy atom. The second kappa shape index (κ2) is 11.7. The van der Waals surface area contributed by atoms with Gasteiger partial charge in [-0.2, -0.15) is 0 Å². The van der Waals surface area contributed by atoms with Crippen LogP contribution >= 0.6 is 0 Å². The molecular weight excluding hydrogens is 507 g/mol. The fourth-order valence-corrected chi connectivity index (χ4v) is 5.07. The number of anilines is 1. The number of urea groups is 1. The lowest BCUT2D eigenvalue weighted by atomic mass is 10.1. The Balaban J connectivity index is 1.37. The Kier molecular flexibility index (Phi) is 7.86. The Labute approximate surface area is 233 Å². The second-order valence-electron chi connectivity index (χ2n) is 9.81. The third kappa shape index (κ3) is 5.43. The predicted molar refractivity (Wildman–Crippen MR) is 155 cm³/mol. The van der Waals surface area contributed by atoms with Crippen molar-refractivity contribution in [1.29, 1.82) is 0 Å². The number of ether oxygens (including phenoxy) is 1. The van der Waals surface area contributed by atoms with Crippen LogP contribution in [0.4, 0.5) is 14.9 Å². The summed E-state index contributed by atoms with van der Waals surface area (Å²) >= 11 is 0. The maximum Gasteiger partial charge on any atom is 0.321 e. The molecule has 0 bridgehead atoms. The third-order valence-electron chi connectivity index (χ3n) is 7.40. The van der Waals surface area contributed by atoms with Gasteiger partial charge < -0.3 is 24.4 Å². The smallest absolute Gasteiger partial charge is 0.321 e. The number of para-hydroxylation sites is 1. The Hall–Kier alpha value is -4.59. The first-order valence-corrected chi connectivity index (χ1v) is 13.5. The average Bonchev–Trinajstić information content (AvgIpc) is 3.34. The highest BCUT2D eigenvalue weighted by Crippen LogP contribution is 2.33. The Morgan fingerprint density at radius 2 is 1.60 bits per heavy atom. The molecule has 0 unspecified atom stereocenters. The van der Waals surface area contributed by atoms with Crippen molar-refractivity contribution in [2.24, 2.45) is 0 Å². The SMILES string of the molecule is CCc1ccc(NC(=O)N2CCN(C(=O)c3cc(-c4cccc(OC)c4)n(-c4ccccc4F)c3C)CC2)cc1. The van der Waals surface area contributed by atoms with Gasteiger partial charge >= 0.3 is 6.03 Å². The summed E-state index contributed by atoms with van der Waals surface area (Å²) in [6.45, 7) is 5.56. The van der Waals surface area contributed by atoms with Gasteiger partial charge in [-0.1, -0.05) is 43.3 Å². The van der Waals surface area contributed by atoms with E-state index in [1.165, 1.54) is 11.6 Å². The van der Waals surface area contributed by atoms with Gasteiger partial charge in [-0.15, -0.1) is 0 Å². The number of hydrogen-bond donors (Lipinski definition) is 1. The van der Waals surface area contributed by atoms with Crippen molar-refractivity contribution in [3.05, 3.63) is 102 Å². The summed E-state index contributed by atoms with van der Waals surface area (Å²) in [6.07, 6.45) is 0.939. The van der Waals surface area contributed by atoms with Crippen LogP contribution in [0.15, 0.2) is 78.9 Å². The third-order valence-corrected chi connectivity index (χ3v) is 7.40. The molecule has 1 saturated heterocycles. The summed E-state index contributed by atoms with van der Waals surface area (Å²) in [5.41, 5.74) is 4.95. The second-order valence-corrected chi connectivity index (χ2v) is 9.81. The molecule has 0 radical (unpaired) electrons.